The van der Waals surface area contributed by atoms with Gasteiger partial charge in [0.2, 0.25) is 0 Å². The molecule has 74 valence electrons. The molecule has 0 saturated carbocycles. The number of phenols is 1. The minimum absolute atomic E-state index is 0.00787. The third kappa shape index (κ3) is 1.23. The number of hydrogen-bond acceptors (Lipinski definition) is 4. The average molecular weight is 210 g/mol. The number of thiophene rings is 1. The third-order valence-electron chi connectivity index (χ3n) is 2.13. The summed E-state index contributed by atoms with van der Waals surface area (Å²) in [4.78, 5) is 0. The van der Waals surface area contributed by atoms with Gasteiger partial charge in [-0.15, -0.1) is 11.3 Å². The van der Waals surface area contributed by atoms with Crippen LogP contribution < -0.4 is 4.74 Å². The van der Waals surface area contributed by atoms with E-state index in [1.807, 2.05) is 5.38 Å². The topological polar surface area (TPSA) is 49.7 Å². The number of rotatable bonds is 2. The van der Waals surface area contributed by atoms with Crippen LogP contribution in [0.3, 0.4) is 0 Å². The van der Waals surface area contributed by atoms with E-state index >= 15 is 0 Å². The van der Waals surface area contributed by atoms with E-state index in [0.717, 1.165) is 15.6 Å². The van der Waals surface area contributed by atoms with Gasteiger partial charge in [0.25, 0.3) is 0 Å². The number of benzene rings is 1. The Kier molecular flexibility index (Phi) is 2.31. The molecule has 2 rings (SSSR count). The van der Waals surface area contributed by atoms with Crippen LogP contribution in [0.1, 0.15) is 5.56 Å². The van der Waals surface area contributed by atoms with Crippen molar-refractivity contribution in [3.8, 4) is 11.5 Å². The van der Waals surface area contributed by atoms with Crippen LogP contribution in [-0.4, -0.2) is 17.3 Å². The highest BCUT2D eigenvalue weighted by molar-refractivity contribution is 7.17. The van der Waals surface area contributed by atoms with E-state index in [4.69, 9.17) is 9.84 Å². The van der Waals surface area contributed by atoms with Gasteiger partial charge in [-0.1, -0.05) is 0 Å². The summed E-state index contributed by atoms with van der Waals surface area (Å²) < 4.78 is 5.97. The number of hydrogen-bond donors (Lipinski definition) is 2. The highest BCUT2D eigenvalue weighted by Gasteiger charge is 2.11. The first-order valence-electron chi connectivity index (χ1n) is 4.14. The maximum atomic E-state index is 9.51. The van der Waals surface area contributed by atoms with Gasteiger partial charge in [0.15, 0.2) is 11.5 Å². The second-order valence-electron chi connectivity index (χ2n) is 2.91. The zero-order valence-electron chi connectivity index (χ0n) is 7.65. The van der Waals surface area contributed by atoms with Crippen molar-refractivity contribution in [2.24, 2.45) is 0 Å². The molecule has 2 aromatic rings. The molecule has 14 heavy (non-hydrogen) atoms. The number of phenolic OH excluding ortho intramolecular Hbond substituents is 1. The summed E-state index contributed by atoms with van der Waals surface area (Å²) >= 11 is 1.46. The molecule has 0 aliphatic rings. The normalized spacial score (nSPS) is 10.7. The van der Waals surface area contributed by atoms with Crippen molar-refractivity contribution >= 4 is 21.4 Å². The smallest absolute Gasteiger partial charge is 0.178 e. The highest BCUT2D eigenvalue weighted by atomic mass is 32.1. The van der Waals surface area contributed by atoms with E-state index in [2.05, 4.69) is 0 Å². The lowest BCUT2D eigenvalue weighted by atomic mass is 10.1. The van der Waals surface area contributed by atoms with Crippen molar-refractivity contribution in [1.82, 2.24) is 0 Å². The molecule has 0 spiro atoms. The van der Waals surface area contributed by atoms with E-state index in [-0.39, 0.29) is 12.4 Å². The van der Waals surface area contributed by atoms with Gasteiger partial charge < -0.3 is 14.9 Å². The number of aromatic hydroxyl groups is 1. The Bertz CT molecular complexity index is 462. The van der Waals surface area contributed by atoms with E-state index in [9.17, 15) is 5.11 Å². The van der Waals surface area contributed by atoms with Crippen molar-refractivity contribution in [2.45, 2.75) is 6.61 Å². The summed E-state index contributed by atoms with van der Waals surface area (Å²) in [7, 11) is 1.52. The second-order valence-corrected chi connectivity index (χ2v) is 3.79. The number of ether oxygens (including phenoxy) is 1. The standard InChI is InChI=1S/C10H10O3S/c1-13-9-8(12)3-2-7-6(4-11)5-14-10(7)9/h2-3,5,11-12H,4H2,1H3. The molecule has 4 heteroatoms. The Hall–Kier alpha value is -1.26. The van der Waals surface area contributed by atoms with E-state index in [1.165, 1.54) is 18.4 Å². The predicted octanol–water partition coefficient (Wildman–Crippen LogP) is 2.11. The van der Waals surface area contributed by atoms with Gasteiger partial charge >= 0.3 is 0 Å². The van der Waals surface area contributed by atoms with Crippen molar-refractivity contribution in [2.75, 3.05) is 7.11 Å². The monoisotopic (exact) mass is 210 g/mol. The average Bonchev–Trinajstić information content (AvgIpc) is 2.60. The first-order chi connectivity index (χ1) is 6.77. The molecular formula is C10H10O3S. The first-order valence-corrected chi connectivity index (χ1v) is 5.02. The number of methoxy groups -OCH3 is 1. The Morgan fingerprint density at radius 2 is 2.21 bits per heavy atom. The lowest BCUT2D eigenvalue weighted by Gasteiger charge is -2.04. The quantitative estimate of drug-likeness (QED) is 0.798. The molecule has 2 N–H and O–H groups in total. The fraction of sp³-hybridized carbons (Fsp3) is 0.200. The summed E-state index contributed by atoms with van der Waals surface area (Å²) in [6.45, 7) is 0.00787. The summed E-state index contributed by atoms with van der Waals surface area (Å²) in [5.41, 5.74) is 0.864. The minimum atomic E-state index is 0.00787. The molecule has 0 atom stereocenters. The van der Waals surface area contributed by atoms with Gasteiger partial charge in [0, 0.05) is 5.39 Å². The molecule has 1 heterocycles. The maximum absolute atomic E-state index is 9.51. The van der Waals surface area contributed by atoms with E-state index < -0.39 is 0 Å². The predicted molar refractivity (Wildman–Crippen MR) is 56.0 cm³/mol. The molecule has 0 saturated heterocycles. The zero-order chi connectivity index (χ0) is 10.1. The molecule has 0 aliphatic carbocycles. The van der Waals surface area contributed by atoms with Crippen molar-refractivity contribution in [3.05, 3.63) is 23.1 Å². The van der Waals surface area contributed by atoms with Gasteiger partial charge in [-0.3, -0.25) is 0 Å². The van der Waals surface area contributed by atoms with Crippen LogP contribution in [0, 0.1) is 0 Å². The van der Waals surface area contributed by atoms with Crippen LogP contribution in [0.5, 0.6) is 11.5 Å². The summed E-state index contributed by atoms with van der Waals surface area (Å²) in [6.07, 6.45) is 0. The molecule has 0 unspecified atom stereocenters. The Morgan fingerprint density at radius 1 is 1.43 bits per heavy atom. The fourth-order valence-corrected chi connectivity index (χ4v) is 2.52. The lowest BCUT2D eigenvalue weighted by molar-refractivity contribution is 0.284. The third-order valence-corrected chi connectivity index (χ3v) is 3.17. The van der Waals surface area contributed by atoms with Crippen molar-refractivity contribution < 1.29 is 14.9 Å². The van der Waals surface area contributed by atoms with E-state index in [0.29, 0.717) is 5.75 Å². The largest absolute Gasteiger partial charge is 0.504 e. The highest BCUT2D eigenvalue weighted by Crippen LogP contribution is 2.39. The van der Waals surface area contributed by atoms with Crippen molar-refractivity contribution in [1.29, 1.82) is 0 Å². The summed E-state index contributed by atoms with van der Waals surface area (Å²) in [5, 5.41) is 21.4. The van der Waals surface area contributed by atoms with Crippen LogP contribution in [0.4, 0.5) is 0 Å². The molecule has 0 bridgehead atoms. The second kappa shape index (κ2) is 3.48. The molecule has 1 aromatic carbocycles. The zero-order valence-corrected chi connectivity index (χ0v) is 8.47. The number of aliphatic hydroxyl groups excluding tert-OH is 1. The maximum Gasteiger partial charge on any atom is 0.178 e. The Morgan fingerprint density at radius 3 is 2.86 bits per heavy atom. The van der Waals surface area contributed by atoms with Gasteiger partial charge in [-0.2, -0.15) is 0 Å². The molecule has 3 nitrogen and oxygen atoms in total. The first kappa shape index (κ1) is 9.30. The van der Waals surface area contributed by atoms with Crippen LogP contribution in [0.15, 0.2) is 17.5 Å². The lowest BCUT2D eigenvalue weighted by Crippen LogP contribution is -1.84. The molecule has 0 aliphatic heterocycles. The number of fused-ring (bicyclic) bond motifs is 1. The van der Waals surface area contributed by atoms with Crippen LogP contribution in [0.2, 0.25) is 0 Å². The molecule has 0 radical (unpaired) electrons. The molecule has 0 amide bonds. The molecule has 1 aromatic heterocycles. The Balaban J connectivity index is 2.76. The molecule has 0 fully saturated rings. The minimum Gasteiger partial charge on any atom is -0.504 e. The SMILES string of the molecule is COc1c(O)ccc2c(CO)csc12. The van der Waals surface area contributed by atoms with Crippen molar-refractivity contribution in [3.63, 3.8) is 0 Å². The van der Waals surface area contributed by atoms with Gasteiger partial charge in [0.05, 0.1) is 18.4 Å². The van der Waals surface area contributed by atoms with E-state index in [1.54, 1.807) is 12.1 Å². The fourth-order valence-electron chi connectivity index (χ4n) is 1.44. The van der Waals surface area contributed by atoms with Crippen LogP contribution >= 0.6 is 11.3 Å². The van der Waals surface area contributed by atoms with Gasteiger partial charge in [-0.25, -0.2) is 0 Å². The molecular weight excluding hydrogens is 200 g/mol. The summed E-state index contributed by atoms with van der Waals surface area (Å²) in [6, 6.07) is 3.36. The summed E-state index contributed by atoms with van der Waals surface area (Å²) in [5.74, 6) is 0.610. The van der Waals surface area contributed by atoms with Gasteiger partial charge in [-0.05, 0) is 23.1 Å². The number of aliphatic hydroxyl groups is 1. The van der Waals surface area contributed by atoms with Crippen LogP contribution in [0.25, 0.3) is 10.1 Å². The van der Waals surface area contributed by atoms with Crippen LogP contribution in [-0.2, 0) is 6.61 Å². The Labute approximate surface area is 85.2 Å². The van der Waals surface area contributed by atoms with Gasteiger partial charge in [0.1, 0.15) is 0 Å².